The molecule has 0 amide bonds. The topological polar surface area (TPSA) is 18.5 Å². The summed E-state index contributed by atoms with van der Waals surface area (Å²) < 4.78 is 11.3. The largest absolute Gasteiger partial charge is 0.378 e. The van der Waals surface area contributed by atoms with E-state index >= 15 is 0 Å². The van der Waals surface area contributed by atoms with Crippen LogP contribution in [0.15, 0.2) is 0 Å². The fourth-order valence-electron chi connectivity index (χ4n) is 2.05. The van der Waals surface area contributed by atoms with Crippen LogP contribution >= 0.6 is 0 Å². The average Bonchev–Trinajstić information content (AvgIpc) is 2.00. The van der Waals surface area contributed by atoms with Gasteiger partial charge in [0, 0.05) is 19.4 Å². The highest BCUT2D eigenvalue weighted by Crippen LogP contribution is 2.35. The van der Waals surface area contributed by atoms with Crippen molar-refractivity contribution in [1.29, 1.82) is 0 Å². The highest BCUT2D eigenvalue weighted by molar-refractivity contribution is 4.90. The van der Waals surface area contributed by atoms with Gasteiger partial charge in [-0.05, 0) is 20.8 Å². The van der Waals surface area contributed by atoms with Crippen LogP contribution < -0.4 is 0 Å². The van der Waals surface area contributed by atoms with Crippen molar-refractivity contribution in [2.24, 2.45) is 5.92 Å². The van der Waals surface area contributed by atoms with Gasteiger partial charge in [0.25, 0.3) is 0 Å². The molecule has 12 heavy (non-hydrogen) atoms. The van der Waals surface area contributed by atoms with E-state index in [1.807, 2.05) is 0 Å². The first kappa shape index (κ1) is 10.0. The first-order chi connectivity index (χ1) is 5.49. The van der Waals surface area contributed by atoms with Crippen molar-refractivity contribution in [3.8, 4) is 0 Å². The van der Waals surface area contributed by atoms with Crippen LogP contribution in [0.1, 0.15) is 34.1 Å². The molecule has 1 fully saturated rings. The van der Waals surface area contributed by atoms with Gasteiger partial charge in [-0.1, -0.05) is 6.92 Å². The van der Waals surface area contributed by atoms with Crippen LogP contribution in [0.3, 0.4) is 0 Å². The summed E-state index contributed by atoms with van der Waals surface area (Å²) in [7, 11) is 1.79. The van der Waals surface area contributed by atoms with E-state index in [9.17, 15) is 0 Å². The van der Waals surface area contributed by atoms with E-state index in [0.717, 1.165) is 6.42 Å². The molecule has 0 radical (unpaired) electrons. The molecule has 4 atom stereocenters. The summed E-state index contributed by atoms with van der Waals surface area (Å²) in [5, 5.41) is 0. The van der Waals surface area contributed by atoms with Crippen molar-refractivity contribution in [2.45, 2.75) is 51.9 Å². The molecule has 0 aromatic carbocycles. The lowest BCUT2D eigenvalue weighted by Gasteiger charge is -2.44. The molecule has 1 heterocycles. The lowest BCUT2D eigenvalue weighted by Crippen LogP contribution is -2.49. The maximum Gasteiger partial charge on any atom is 0.0725 e. The molecule has 2 nitrogen and oxygen atoms in total. The summed E-state index contributed by atoms with van der Waals surface area (Å²) in [6.45, 7) is 8.60. The molecule has 1 rings (SSSR count). The molecule has 0 saturated carbocycles. The van der Waals surface area contributed by atoms with E-state index in [1.165, 1.54) is 0 Å². The van der Waals surface area contributed by atoms with Crippen LogP contribution in [-0.4, -0.2) is 24.9 Å². The summed E-state index contributed by atoms with van der Waals surface area (Å²) in [6.07, 6.45) is 1.62. The van der Waals surface area contributed by atoms with Crippen LogP contribution in [-0.2, 0) is 9.47 Å². The zero-order chi connectivity index (χ0) is 9.35. The van der Waals surface area contributed by atoms with Crippen molar-refractivity contribution in [1.82, 2.24) is 0 Å². The molecule has 1 aliphatic rings. The first-order valence-corrected chi connectivity index (χ1v) is 4.70. The van der Waals surface area contributed by atoms with E-state index in [2.05, 4.69) is 27.7 Å². The highest BCUT2D eigenvalue weighted by atomic mass is 16.5. The number of methoxy groups -OCH3 is 1. The zero-order valence-electron chi connectivity index (χ0n) is 8.76. The molecule has 0 bridgehead atoms. The van der Waals surface area contributed by atoms with Gasteiger partial charge < -0.3 is 9.47 Å². The summed E-state index contributed by atoms with van der Waals surface area (Å²) in [6, 6.07) is 0. The predicted octanol–water partition coefficient (Wildman–Crippen LogP) is 2.22. The Labute approximate surface area is 75.2 Å². The molecule has 1 saturated heterocycles. The van der Waals surface area contributed by atoms with E-state index in [4.69, 9.17) is 9.47 Å². The molecule has 72 valence electrons. The quantitative estimate of drug-likeness (QED) is 0.604. The van der Waals surface area contributed by atoms with Gasteiger partial charge in [-0.15, -0.1) is 0 Å². The molecule has 0 N–H and O–H groups in total. The minimum Gasteiger partial charge on any atom is -0.378 e. The lowest BCUT2D eigenvalue weighted by molar-refractivity contribution is -0.175. The Hall–Kier alpha value is -0.0800. The molecule has 2 heteroatoms. The summed E-state index contributed by atoms with van der Waals surface area (Å²) >= 11 is 0. The fourth-order valence-corrected chi connectivity index (χ4v) is 2.05. The Bertz CT molecular complexity index is 158. The third-order valence-corrected chi connectivity index (χ3v) is 3.27. The van der Waals surface area contributed by atoms with Crippen molar-refractivity contribution in [2.75, 3.05) is 7.11 Å². The van der Waals surface area contributed by atoms with Crippen LogP contribution in [0, 0.1) is 5.92 Å². The van der Waals surface area contributed by atoms with Gasteiger partial charge in [-0.2, -0.15) is 0 Å². The van der Waals surface area contributed by atoms with Crippen molar-refractivity contribution >= 4 is 0 Å². The Morgan fingerprint density at radius 2 is 1.92 bits per heavy atom. The molecule has 0 aromatic rings. The third-order valence-electron chi connectivity index (χ3n) is 3.27. The normalized spacial score (nSPS) is 49.2. The number of ether oxygens (including phenoxy) is 2. The van der Waals surface area contributed by atoms with Gasteiger partial charge >= 0.3 is 0 Å². The molecular formula is C10H20O2. The average molecular weight is 172 g/mol. The Balaban J connectivity index is 2.72. The molecule has 4 unspecified atom stereocenters. The molecule has 1 aliphatic heterocycles. The van der Waals surface area contributed by atoms with Gasteiger partial charge in [-0.25, -0.2) is 0 Å². The van der Waals surface area contributed by atoms with E-state index in [-0.39, 0.29) is 5.60 Å². The zero-order valence-corrected chi connectivity index (χ0v) is 8.76. The minimum atomic E-state index is -0.00289. The number of hydrogen-bond donors (Lipinski definition) is 0. The monoisotopic (exact) mass is 172 g/mol. The van der Waals surface area contributed by atoms with Gasteiger partial charge in [0.05, 0.1) is 17.8 Å². The minimum absolute atomic E-state index is 0.00289. The van der Waals surface area contributed by atoms with Crippen molar-refractivity contribution in [3.63, 3.8) is 0 Å². The third kappa shape index (κ3) is 1.64. The Kier molecular flexibility index (Phi) is 2.79. The number of hydrogen-bond acceptors (Lipinski definition) is 2. The van der Waals surface area contributed by atoms with Crippen LogP contribution in [0.4, 0.5) is 0 Å². The van der Waals surface area contributed by atoms with Gasteiger partial charge in [0.1, 0.15) is 0 Å². The van der Waals surface area contributed by atoms with Gasteiger partial charge in [0.15, 0.2) is 0 Å². The molecule has 0 spiro atoms. The van der Waals surface area contributed by atoms with Crippen LogP contribution in [0.5, 0.6) is 0 Å². The second-order valence-corrected chi connectivity index (χ2v) is 4.16. The van der Waals surface area contributed by atoms with Crippen LogP contribution in [0.2, 0.25) is 0 Å². The molecule has 0 aliphatic carbocycles. The van der Waals surface area contributed by atoms with E-state index in [1.54, 1.807) is 7.11 Å². The lowest BCUT2D eigenvalue weighted by atomic mass is 9.80. The van der Waals surface area contributed by atoms with Crippen LogP contribution in [0.25, 0.3) is 0 Å². The Morgan fingerprint density at radius 3 is 2.42 bits per heavy atom. The molecular weight excluding hydrogens is 152 g/mol. The van der Waals surface area contributed by atoms with Gasteiger partial charge in [-0.3, -0.25) is 0 Å². The predicted molar refractivity (Wildman–Crippen MR) is 49.2 cm³/mol. The van der Waals surface area contributed by atoms with E-state index < -0.39 is 0 Å². The number of rotatable bonds is 1. The molecule has 0 aromatic heterocycles. The Morgan fingerprint density at radius 1 is 1.33 bits per heavy atom. The smallest absolute Gasteiger partial charge is 0.0725 e. The maximum absolute atomic E-state index is 5.72. The summed E-state index contributed by atoms with van der Waals surface area (Å²) in [5.74, 6) is 0.471. The standard InChI is InChI=1S/C10H20O2/c1-7-6-10(4,11-5)8(2)9(3)12-7/h7-9H,6H2,1-5H3. The SMILES string of the molecule is COC1(C)CC(C)OC(C)C1C. The highest BCUT2D eigenvalue weighted by Gasteiger charge is 2.41. The van der Waals surface area contributed by atoms with Gasteiger partial charge in [0.2, 0.25) is 0 Å². The first-order valence-electron chi connectivity index (χ1n) is 4.70. The van der Waals surface area contributed by atoms with E-state index in [0.29, 0.717) is 18.1 Å². The fraction of sp³-hybridized carbons (Fsp3) is 1.00. The maximum atomic E-state index is 5.72. The van der Waals surface area contributed by atoms with Crippen molar-refractivity contribution < 1.29 is 9.47 Å². The van der Waals surface area contributed by atoms with Crippen molar-refractivity contribution in [3.05, 3.63) is 0 Å². The second-order valence-electron chi connectivity index (χ2n) is 4.16. The second kappa shape index (κ2) is 3.35. The summed E-state index contributed by atoms with van der Waals surface area (Å²) in [4.78, 5) is 0. The summed E-state index contributed by atoms with van der Waals surface area (Å²) in [5.41, 5.74) is -0.00289.